The van der Waals surface area contributed by atoms with E-state index in [0.717, 1.165) is 12.8 Å². The van der Waals surface area contributed by atoms with Crippen LogP contribution in [0, 0.1) is 13.8 Å². The van der Waals surface area contributed by atoms with E-state index in [4.69, 9.17) is 10.6 Å². The minimum Gasteiger partial charge on any atom is -0.379 e. The van der Waals surface area contributed by atoms with Crippen LogP contribution in [-0.4, -0.2) is 12.7 Å². The fraction of sp³-hybridized carbons (Fsp3) is 0.600. The fourth-order valence-electron chi connectivity index (χ4n) is 2.28. The molecule has 1 unspecified atom stereocenters. The van der Waals surface area contributed by atoms with Crippen molar-refractivity contribution < 1.29 is 4.74 Å². The highest BCUT2D eigenvalue weighted by Crippen LogP contribution is 2.28. The van der Waals surface area contributed by atoms with Crippen molar-refractivity contribution in [2.45, 2.75) is 52.2 Å². The van der Waals surface area contributed by atoms with Gasteiger partial charge in [-0.05, 0) is 57.2 Å². The molecule has 0 aliphatic carbocycles. The number of rotatable bonds is 6. The van der Waals surface area contributed by atoms with Crippen molar-refractivity contribution in [2.75, 3.05) is 7.11 Å². The molecule has 0 spiro atoms. The Morgan fingerprint density at radius 2 is 1.83 bits per heavy atom. The summed E-state index contributed by atoms with van der Waals surface area (Å²) in [6.07, 6.45) is 1.93. The van der Waals surface area contributed by atoms with Crippen LogP contribution in [0.2, 0.25) is 0 Å². The Labute approximate surface area is 111 Å². The zero-order valence-electron chi connectivity index (χ0n) is 12.2. The third-order valence-corrected chi connectivity index (χ3v) is 3.68. The van der Waals surface area contributed by atoms with Crippen LogP contribution >= 0.6 is 0 Å². The van der Waals surface area contributed by atoms with Crippen LogP contribution in [0.1, 0.15) is 49.4 Å². The van der Waals surface area contributed by atoms with Gasteiger partial charge < -0.3 is 4.74 Å². The van der Waals surface area contributed by atoms with E-state index in [9.17, 15) is 0 Å². The molecule has 3 N–H and O–H groups in total. The van der Waals surface area contributed by atoms with Gasteiger partial charge in [0.1, 0.15) is 0 Å². The summed E-state index contributed by atoms with van der Waals surface area (Å²) < 4.78 is 5.46. The van der Waals surface area contributed by atoms with Gasteiger partial charge in [0.05, 0.1) is 5.60 Å². The Hall–Kier alpha value is -0.900. The normalized spacial score (nSPS) is 13.7. The average Bonchev–Trinajstić information content (AvgIpc) is 2.33. The van der Waals surface area contributed by atoms with Crippen LogP contribution < -0.4 is 11.3 Å². The maximum absolute atomic E-state index is 5.72. The third kappa shape index (κ3) is 3.80. The summed E-state index contributed by atoms with van der Waals surface area (Å²) in [7, 11) is 1.75. The highest BCUT2D eigenvalue weighted by molar-refractivity contribution is 5.36. The first-order valence-electron chi connectivity index (χ1n) is 6.48. The van der Waals surface area contributed by atoms with Crippen LogP contribution in [0.15, 0.2) is 18.2 Å². The first kappa shape index (κ1) is 15.2. The molecule has 1 aromatic carbocycles. The van der Waals surface area contributed by atoms with Gasteiger partial charge in [-0.15, -0.1) is 0 Å². The number of benzene rings is 1. The van der Waals surface area contributed by atoms with E-state index in [1.54, 1.807) is 7.11 Å². The van der Waals surface area contributed by atoms with Crippen LogP contribution in [0.3, 0.4) is 0 Å². The monoisotopic (exact) mass is 250 g/mol. The van der Waals surface area contributed by atoms with Gasteiger partial charge in [-0.1, -0.05) is 18.2 Å². The second-order valence-electron chi connectivity index (χ2n) is 5.53. The van der Waals surface area contributed by atoms with E-state index in [1.165, 1.54) is 16.7 Å². The van der Waals surface area contributed by atoms with Crippen molar-refractivity contribution in [2.24, 2.45) is 5.84 Å². The average molecular weight is 250 g/mol. The summed E-state index contributed by atoms with van der Waals surface area (Å²) in [5.74, 6) is 5.72. The summed E-state index contributed by atoms with van der Waals surface area (Å²) in [6, 6.07) is 6.53. The Morgan fingerprint density at radius 3 is 2.28 bits per heavy atom. The van der Waals surface area contributed by atoms with E-state index >= 15 is 0 Å². The summed E-state index contributed by atoms with van der Waals surface area (Å²) in [6.45, 7) is 8.47. The van der Waals surface area contributed by atoms with Crippen molar-refractivity contribution in [1.82, 2.24) is 5.43 Å². The Bertz CT molecular complexity index is 368. The van der Waals surface area contributed by atoms with Crippen molar-refractivity contribution >= 4 is 0 Å². The molecule has 3 nitrogen and oxygen atoms in total. The molecule has 0 bridgehead atoms. The molecule has 0 radical (unpaired) electrons. The van der Waals surface area contributed by atoms with E-state index in [1.807, 2.05) is 0 Å². The number of hydrogen-bond acceptors (Lipinski definition) is 3. The molecular formula is C15H26N2O. The Kier molecular flexibility index (Phi) is 5.32. The molecule has 1 rings (SSSR count). The van der Waals surface area contributed by atoms with Crippen LogP contribution in [0.5, 0.6) is 0 Å². The van der Waals surface area contributed by atoms with Gasteiger partial charge in [0.25, 0.3) is 0 Å². The zero-order chi connectivity index (χ0) is 13.8. The Morgan fingerprint density at radius 1 is 1.28 bits per heavy atom. The molecule has 0 aromatic heterocycles. The summed E-state index contributed by atoms with van der Waals surface area (Å²) in [4.78, 5) is 0. The molecule has 0 saturated heterocycles. The van der Waals surface area contributed by atoms with Crippen LogP contribution in [0.4, 0.5) is 0 Å². The number of methoxy groups -OCH3 is 1. The molecule has 0 saturated carbocycles. The molecule has 1 aromatic rings. The number of hydrogen-bond donors (Lipinski definition) is 2. The van der Waals surface area contributed by atoms with Gasteiger partial charge in [0.15, 0.2) is 0 Å². The standard InChI is InChI=1S/C15H26N2O/c1-11-7-6-8-12(2)14(11)13(17-16)9-10-15(3,4)18-5/h6-8,13,17H,9-10,16H2,1-5H3. The van der Waals surface area contributed by atoms with Crippen molar-refractivity contribution in [3.63, 3.8) is 0 Å². The van der Waals surface area contributed by atoms with Gasteiger partial charge in [0, 0.05) is 13.2 Å². The van der Waals surface area contributed by atoms with Gasteiger partial charge >= 0.3 is 0 Å². The summed E-state index contributed by atoms with van der Waals surface area (Å²) >= 11 is 0. The molecular weight excluding hydrogens is 224 g/mol. The largest absolute Gasteiger partial charge is 0.379 e. The SMILES string of the molecule is COC(C)(C)CCC(NN)c1c(C)cccc1C. The minimum absolute atomic E-state index is 0.105. The van der Waals surface area contributed by atoms with Gasteiger partial charge in [-0.25, -0.2) is 0 Å². The fourth-order valence-corrected chi connectivity index (χ4v) is 2.28. The lowest BCUT2D eigenvalue weighted by molar-refractivity contribution is 0.0116. The summed E-state index contributed by atoms with van der Waals surface area (Å²) in [5, 5.41) is 0. The number of nitrogens with one attached hydrogen (secondary N) is 1. The first-order valence-corrected chi connectivity index (χ1v) is 6.48. The molecule has 1 atom stereocenters. The predicted molar refractivity (Wildman–Crippen MR) is 76.3 cm³/mol. The maximum atomic E-state index is 5.72. The molecule has 0 fully saturated rings. The highest BCUT2D eigenvalue weighted by atomic mass is 16.5. The number of aryl methyl sites for hydroxylation is 2. The Balaban J connectivity index is 2.84. The number of nitrogens with two attached hydrogens (primary N) is 1. The molecule has 0 aliphatic heterocycles. The van der Waals surface area contributed by atoms with Crippen molar-refractivity contribution in [3.8, 4) is 0 Å². The third-order valence-electron chi connectivity index (χ3n) is 3.68. The second kappa shape index (κ2) is 6.32. The molecule has 0 aliphatic rings. The van der Waals surface area contributed by atoms with Crippen molar-refractivity contribution in [3.05, 3.63) is 34.9 Å². The molecule has 0 amide bonds. The molecule has 0 heterocycles. The van der Waals surface area contributed by atoms with Gasteiger partial charge in [-0.3, -0.25) is 11.3 Å². The lowest BCUT2D eigenvalue weighted by Gasteiger charge is -2.27. The predicted octanol–water partition coefficient (Wildman–Crippen LogP) is 3.01. The zero-order valence-corrected chi connectivity index (χ0v) is 12.2. The topological polar surface area (TPSA) is 47.3 Å². The second-order valence-corrected chi connectivity index (χ2v) is 5.53. The van der Waals surface area contributed by atoms with Gasteiger partial charge in [0.2, 0.25) is 0 Å². The quantitative estimate of drug-likeness (QED) is 0.602. The van der Waals surface area contributed by atoms with E-state index in [0.29, 0.717) is 0 Å². The van der Waals surface area contributed by atoms with E-state index < -0.39 is 0 Å². The van der Waals surface area contributed by atoms with E-state index in [-0.39, 0.29) is 11.6 Å². The molecule has 102 valence electrons. The lowest BCUT2D eigenvalue weighted by Crippen LogP contribution is -2.32. The minimum atomic E-state index is -0.105. The maximum Gasteiger partial charge on any atom is 0.0623 e. The molecule has 18 heavy (non-hydrogen) atoms. The smallest absolute Gasteiger partial charge is 0.0623 e. The number of hydrazine groups is 1. The van der Waals surface area contributed by atoms with E-state index in [2.05, 4.69) is 51.3 Å². The number of ether oxygens (including phenoxy) is 1. The first-order chi connectivity index (χ1) is 8.41. The van der Waals surface area contributed by atoms with Gasteiger partial charge in [-0.2, -0.15) is 0 Å². The lowest BCUT2D eigenvalue weighted by atomic mass is 9.90. The molecule has 3 heteroatoms. The van der Waals surface area contributed by atoms with Crippen LogP contribution in [0.25, 0.3) is 0 Å². The van der Waals surface area contributed by atoms with Crippen molar-refractivity contribution in [1.29, 1.82) is 0 Å². The summed E-state index contributed by atoms with van der Waals surface area (Å²) in [5.41, 5.74) is 6.72. The highest BCUT2D eigenvalue weighted by Gasteiger charge is 2.21. The van der Waals surface area contributed by atoms with Crippen LogP contribution in [-0.2, 0) is 4.74 Å².